The van der Waals surface area contributed by atoms with E-state index in [9.17, 15) is 0 Å². The highest BCUT2D eigenvalue weighted by Gasteiger charge is 2.10. The van der Waals surface area contributed by atoms with Crippen molar-refractivity contribution in [1.82, 2.24) is 0 Å². The minimum absolute atomic E-state index is 0.859. The summed E-state index contributed by atoms with van der Waals surface area (Å²) in [7, 11) is 0. The third-order valence-electron chi connectivity index (χ3n) is 6.10. The molecule has 174 valence electrons. The van der Waals surface area contributed by atoms with Crippen molar-refractivity contribution in [3.05, 3.63) is 135 Å². The van der Waals surface area contributed by atoms with Crippen LogP contribution in [-0.2, 0) is 6.42 Å². The first-order chi connectivity index (χ1) is 17.1. The van der Waals surface area contributed by atoms with Crippen LogP contribution in [0.3, 0.4) is 0 Å². The molecule has 0 aliphatic carbocycles. The summed E-state index contributed by atoms with van der Waals surface area (Å²) in [6.07, 6.45) is 21.7. The van der Waals surface area contributed by atoms with Gasteiger partial charge in [0, 0.05) is 19.8 Å². The number of hydrogen-bond donors (Lipinski definition) is 0. The molecule has 0 atom stereocenters. The molecule has 0 bridgehead atoms. The lowest BCUT2D eigenvalue weighted by Gasteiger charge is -2.11. The largest absolute Gasteiger partial charge is 0.248 e. The average Bonchev–Trinajstić information content (AvgIpc) is 3.19. The van der Waals surface area contributed by atoms with E-state index in [-0.39, 0.29) is 0 Å². The second kappa shape index (κ2) is 11.1. The molecule has 3 aromatic rings. The summed E-state index contributed by atoms with van der Waals surface area (Å²) < 4.78 is 2.54. The molecule has 0 saturated heterocycles. The van der Waals surface area contributed by atoms with Gasteiger partial charge in [-0.15, -0.1) is 11.3 Å². The summed E-state index contributed by atoms with van der Waals surface area (Å²) in [4.78, 5) is 4.60. The Labute approximate surface area is 211 Å². The number of hydrogen-bond acceptors (Lipinski definition) is 2. The molecule has 0 radical (unpaired) electrons. The van der Waals surface area contributed by atoms with Crippen LogP contribution in [0.1, 0.15) is 31.9 Å². The Morgan fingerprint density at radius 3 is 2.60 bits per heavy atom. The monoisotopic (exact) mass is 473 g/mol. The van der Waals surface area contributed by atoms with Crippen molar-refractivity contribution in [2.75, 3.05) is 0 Å². The molecule has 2 heterocycles. The first-order valence-corrected chi connectivity index (χ1v) is 12.8. The SMILES string of the molecule is C=C/C(=C\C(=C/C)Cc1cccc2c(=C)/c(=C\C=C/C)sc12)c1ccc2c(c1)=C(/C=C\C=C/C)N=2. The number of allylic oxidation sites excluding steroid dienone is 10. The van der Waals surface area contributed by atoms with E-state index in [1.54, 1.807) is 0 Å². The van der Waals surface area contributed by atoms with Gasteiger partial charge < -0.3 is 0 Å². The Bertz CT molecular complexity index is 1670. The summed E-state index contributed by atoms with van der Waals surface area (Å²) in [5, 5.41) is 4.58. The number of fused-ring (bicyclic) bond motifs is 2. The standard InChI is InChI=1S/C33H31NS/c1-6-10-12-16-30-29-22-26(18-19-31(29)34-30)25(9-4)20-24(8-3)21-27-14-13-15-28-23(5)32(17-11-7-2)35-33(27)28/h6-20,22H,4-5,21H2,1-3H3/b10-6-,11-7-,16-12-,24-8+,25-20+,32-17+. The van der Waals surface area contributed by atoms with E-state index < -0.39 is 0 Å². The molecular formula is C33H31NS. The van der Waals surface area contributed by atoms with Crippen molar-refractivity contribution in [3.63, 3.8) is 0 Å². The van der Waals surface area contributed by atoms with E-state index in [2.05, 4.69) is 97.9 Å². The highest BCUT2D eigenvalue weighted by molar-refractivity contribution is 7.17. The van der Waals surface area contributed by atoms with Crippen molar-refractivity contribution < 1.29 is 0 Å². The van der Waals surface area contributed by atoms with Gasteiger partial charge in [-0.1, -0.05) is 86.0 Å². The summed E-state index contributed by atoms with van der Waals surface area (Å²) in [5.74, 6) is 0. The maximum Gasteiger partial charge on any atom is 0.0731 e. The molecule has 1 nitrogen and oxygen atoms in total. The number of thiophene rings is 1. The number of nitrogens with zero attached hydrogens (tertiary/aromatic N) is 1. The lowest BCUT2D eigenvalue weighted by molar-refractivity contribution is 1.20. The van der Waals surface area contributed by atoms with Gasteiger partial charge in [-0.25, -0.2) is 4.99 Å². The van der Waals surface area contributed by atoms with Crippen LogP contribution in [0.5, 0.6) is 0 Å². The van der Waals surface area contributed by atoms with Crippen LogP contribution in [-0.4, -0.2) is 0 Å². The van der Waals surface area contributed by atoms with Gasteiger partial charge >= 0.3 is 0 Å². The number of rotatable bonds is 8. The van der Waals surface area contributed by atoms with Crippen LogP contribution >= 0.6 is 11.3 Å². The average molecular weight is 474 g/mol. The van der Waals surface area contributed by atoms with E-state index in [0.717, 1.165) is 33.8 Å². The fraction of sp³-hybridized carbons (Fsp3) is 0.121. The molecule has 1 aliphatic rings. The zero-order valence-corrected chi connectivity index (χ0v) is 21.5. The third-order valence-corrected chi connectivity index (χ3v) is 7.39. The van der Waals surface area contributed by atoms with Gasteiger partial charge in [0.2, 0.25) is 0 Å². The summed E-state index contributed by atoms with van der Waals surface area (Å²) in [6, 6.07) is 13.0. The maximum atomic E-state index is 4.60. The summed E-state index contributed by atoms with van der Waals surface area (Å²) in [5.41, 5.74) is 5.87. The van der Waals surface area contributed by atoms with Gasteiger partial charge in [0.15, 0.2) is 0 Å². The van der Waals surface area contributed by atoms with Crippen LogP contribution in [0.15, 0.2) is 108 Å². The lowest BCUT2D eigenvalue weighted by Crippen LogP contribution is -2.34. The molecule has 0 saturated carbocycles. The highest BCUT2D eigenvalue weighted by Crippen LogP contribution is 2.24. The predicted octanol–water partition coefficient (Wildman–Crippen LogP) is 6.30. The molecule has 0 N–H and O–H groups in total. The van der Waals surface area contributed by atoms with Gasteiger partial charge in [0.05, 0.1) is 11.1 Å². The van der Waals surface area contributed by atoms with Crippen molar-refractivity contribution in [1.29, 1.82) is 0 Å². The van der Waals surface area contributed by atoms with E-state index in [0.29, 0.717) is 0 Å². The van der Waals surface area contributed by atoms with Crippen LogP contribution in [0.4, 0.5) is 0 Å². The summed E-state index contributed by atoms with van der Waals surface area (Å²) in [6.45, 7) is 14.6. The zero-order valence-electron chi connectivity index (χ0n) is 20.7. The van der Waals surface area contributed by atoms with Gasteiger partial charge in [-0.2, -0.15) is 0 Å². The first-order valence-electron chi connectivity index (χ1n) is 11.9. The molecule has 0 unspecified atom stereocenters. The molecule has 35 heavy (non-hydrogen) atoms. The molecule has 4 rings (SSSR count). The topological polar surface area (TPSA) is 12.4 Å². The third kappa shape index (κ3) is 5.18. The molecule has 0 amide bonds. The Hall–Kier alpha value is -3.75. The molecule has 1 aromatic heterocycles. The van der Waals surface area contributed by atoms with Gasteiger partial charge in [0.1, 0.15) is 0 Å². The quantitative estimate of drug-likeness (QED) is 0.341. The van der Waals surface area contributed by atoms with E-state index in [1.165, 1.54) is 31.0 Å². The fourth-order valence-electron chi connectivity index (χ4n) is 4.16. The molecular weight excluding hydrogens is 442 g/mol. The second-order valence-corrected chi connectivity index (χ2v) is 9.44. The highest BCUT2D eigenvalue weighted by atomic mass is 32.1. The second-order valence-electron chi connectivity index (χ2n) is 8.39. The normalized spacial score (nSPS) is 14.8. The fourth-order valence-corrected chi connectivity index (χ4v) is 5.33. The van der Waals surface area contributed by atoms with E-state index in [1.807, 2.05) is 49.5 Å². The molecule has 0 spiro atoms. The maximum absolute atomic E-state index is 4.60. The van der Waals surface area contributed by atoms with Crippen molar-refractivity contribution in [3.8, 4) is 0 Å². The van der Waals surface area contributed by atoms with Crippen LogP contribution < -0.4 is 20.3 Å². The smallest absolute Gasteiger partial charge is 0.0731 e. The Balaban J connectivity index is 1.69. The van der Waals surface area contributed by atoms with Gasteiger partial charge in [-0.05, 0) is 79.0 Å². The molecule has 0 fully saturated rings. The van der Waals surface area contributed by atoms with Crippen LogP contribution in [0.25, 0.3) is 34.0 Å². The van der Waals surface area contributed by atoms with Crippen molar-refractivity contribution in [2.24, 2.45) is 4.99 Å². The minimum atomic E-state index is 0.859. The van der Waals surface area contributed by atoms with E-state index in [4.69, 9.17) is 0 Å². The van der Waals surface area contributed by atoms with Crippen molar-refractivity contribution in [2.45, 2.75) is 27.2 Å². The van der Waals surface area contributed by atoms with Gasteiger partial charge in [0.25, 0.3) is 0 Å². The Morgan fingerprint density at radius 2 is 1.86 bits per heavy atom. The first kappa shape index (κ1) is 24.4. The van der Waals surface area contributed by atoms with E-state index >= 15 is 0 Å². The summed E-state index contributed by atoms with van der Waals surface area (Å²) >= 11 is 1.82. The predicted molar refractivity (Wildman–Crippen MR) is 156 cm³/mol. The Morgan fingerprint density at radius 1 is 1.03 bits per heavy atom. The lowest BCUT2D eigenvalue weighted by atomic mass is 9.97. The van der Waals surface area contributed by atoms with Gasteiger partial charge in [-0.3, -0.25) is 0 Å². The minimum Gasteiger partial charge on any atom is -0.248 e. The molecule has 1 aliphatic heterocycles. The molecule has 2 aromatic carbocycles. The zero-order chi connectivity index (χ0) is 24.8. The van der Waals surface area contributed by atoms with Crippen molar-refractivity contribution >= 4 is 45.3 Å². The van der Waals surface area contributed by atoms with Crippen LogP contribution in [0, 0.1) is 0 Å². The molecule has 2 heteroatoms. The Kier molecular flexibility index (Phi) is 7.74. The number of benzene rings is 2. The van der Waals surface area contributed by atoms with Crippen LogP contribution in [0.2, 0.25) is 0 Å².